The van der Waals surface area contributed by atoms with Crippen LogP contribution in [0.25, 0.3) is 0 Å². The standard InChI is InChI=1S/C12H23NO2/c1-14-10-6-4-2-3-5-7-11-15-12-8-9-13/h2-8,10-12H2,1H3. The molecule has 15 heavy (non-hydrogen) atoms. The summed E-state index contributed by atoms with van der Waals surface area (Å²) >= 11 is 0. The van der Waals surface area contributed by atoms with Crippen molar-refractivity contribution in [2.75, 3.05) is 26.9 Å². The van der Waals surface area contributed by atoms with Crippen molar-refractivity contribution in [1.29, 1.82) is 5.26 Å². The fourth-order valence-electron chi connectivity index (χ4n) is 1.38. The maximum absolute atomic E-state index is 8.27. The third-order valence-electron chi connectivity index (χ3n) is 2.25. The Kier molecular flexibility index (Phi) is 12.9. The molecule has 0 aromatic carbocycles. The molecule has 0 aromatic rings. The first-order chi connectivity index (χ1) is 7.41. The van der Waals surface area contributed by atoms with Gasteiger partial charge in [-0.05, 0) is 12.8 Å². The number of hydrogen-bond donors (Lipinski definition) is 0. The van der Waals surface area contributed by atoms with Crippen LogP contribution in [0.3, 0.4) is 0 Å². The van der Waals surface area contributed by atoms with Crippen LogP contribution in [-0.4, -0.2) is 26.9 Å². The van der Waals surface area contributed by atoms with Gasteiger partial charge in [0.25, 0.3) is 0 Å². The summed E-state index contributed by atoms with van der Waals surface area (Å²) in [6.07, 6.45) is 7.89. The van der Waals surface area contributed by atoms with Gasteiger partial charge in [0, 0.05) is 20.3 Å². The molecule has 88 valence electrons. The monoisotopic (exact) mass is 213 g/mol. The molecule has 0 rings (SSSR count). The van der Waals surface area contributed by atoms with Crippen LogP contribution in [-0.2, 0) is 9.47 Å². The van der Waals surface area contributed by atoms with Gasteiger partial charge < -0.3 is 9.47 Å². The number of ether oxygens (including phenoxy) is 2. The number of unbranched alkanes of at least 4 members (excludes halogenated alkanes) is 5. The highest BCUT2D eigenvalue weighted by molar-refractivity contribution is 4.66. The topological polar surface area (TPSA) is 42.2 Å². The summed E-state index contributed by atoms with van der Waals surface area (Å²) in [6.45, 7) is 2.28. The number of nitriles is 1. The van der Waals surface area contributed by atoms with Crippen molar-refractivity contribution in [2.45, 2.75) is 44.9 Å². The minimum Gasteiger partial charge on any atom is -0.385 e. The smallest absolute Gasteiger partial charge is 0.0645 e. The zero-order chi connectivity index (χ0) is 11.2. The first-order valence-corrected chi connectivity index (χ1v) is 5.85. The third kappa shape index (κ3) is 13.4. The van der Waals surface area contributed by atoms with Gasteiger partial charge in [-0.2, -0.15) is 5.26 Å². The highest BCUT2D eigenvalue weighted by atomic mass is 16.5. The highest BCUT2D eigenvalue weighted by Crippen LogP contribution is 2.05. The molecular formula is C12H23NO2. The zero-order valence-electron chi connectivity index (χ0n) is 9.83. The van der Waals surface area contributed by atoms with E-state index in [0.717, 1.165) is 19.6 Å². The fourth-order valence-corrected chi connectivity index (χ4v) is 1.38. The van der Waals surface area contributed by atoms with Crippen molar-refractivity contribution in [1.82, 2.24) is 0 Å². The molecule has 0 bridgehead atoms. The largest absolute Gasteiger partial charge is 0.385 e. The van der Waals surface area contributed by atoms with Gasteiger partial charge in [-0.15, -0.1) is 0 Å². The Hall–Kier alpha value is -0.590. The molecule has 0 unspecified atom stereocenters. The Labute approximate surface area is 93.4 Å². The molecule has 0 N–H and O–H groups in total. The first kappa shape index (κ1) is 14.4. The lowest BCUT2D eigenvalue weighted by Gasteiger charge is -2.02. The first-order valence-electron chi connectivity index (χ1n) is 5.85. The molecule has 0 atom stereocenters. The quantitative estimate of drug-likeness (QED) is 0.496. The Morgan fingerprint density at radius 3 is 2.07 bits per heavy atom. The number of nitrogens with zero attached hydrogens (tertiary/aromatic N) is 1. The zero-order valence-corrected chi connectivity index (χ0v) is 9.83. The van der Waals surface area contributed by atoms with Gasteiger partial charge >= 0.3 is 0 Å². The van der Waals surface area contributed by atoms with Crippen LogP contribution < -0.4 is 0 Å². The van der Waals surface area contributed by atoms with E-state index in [9.17, 15) is 0 Å². The summed E-state index contributed by atoms with van der Waals surface area (Å²) in [6, 6.07) is 2.06. The van der Waals surface area contributed by atoms with E-state index in [0.29, 0.717) is 13.0 Å². The summed E-state index contributed by atoms with van der Waals surface area (Å²) in [5, 5.41) is 8.27. The van der Waals surface area contributed by atoms with Gasteiger partial charge in [0.2, 0.25) is 0 Å². The summed E-state index contributed by atoms with van der Waals surface area (Å²) in [5.41, 5.74) is 0. The SMILES string of the molecule is COCCCCCCCCOCCC#N. The number of hydrogen-bond acceptors (Lipinski definition) is 3. The van der Waals surface area contributed by atoms with Gasteiger partial charge in [0.05, 0.1) is 19.1 Å². The molecule has 0 fully saturated rings. The molecule has 0 aromatic heterocycles. The van der Waals surface area contributed by atoms with Gasteiger partial charge in [0.15, 0.2) is 0 Å². The predicted molar refractivity (Wildman–Crippen MR) is 60.6 cm³/mol. The van der Waals surface area contributed by atoms with Crippen LogP contribution >= 0.6 is 0 Å². The van der Waals surface area contributed by atoms with Gasteiger partial charge in [-0.25, -0.2) is 0 Å². The molecule has 0 heterocycles. The maximum atomic E-state index is 8.27. The molecular weight excluding hydrogens is 190 g/mol. The fraction of sp³-hybridized carbons (Fsp3) is 0.917. The van der Waals surface area contributed by atoms with Crippen molar-refractivity contribution in [2.24, 2.45) is 0 Å². The van der Waals surface area contributed by atoms with E-state index in [1.807, 2.05) is 0 Å². The number of rotatable bonds is 11. The lowest BCUT2D eigenvalue weighted by atomic mass is 10.1. The van der Waals surface area contributed by atoms with Crippen molar-refractivity contribution in [3.05, 3.63) is 0 Å². The van der Waals surface area contributed by atoms with E-state index in [2.05, 4.69) is 6.07 Å². The van der Waals surface area contributed by atoms with E-state index >= 15 is 0 Å². The molecule has 3 heteroatoms. The molecule has 0 amide bonds. The highest BCUT2D eigenvalue weighted by Gasteiger charge is 1.92. The summed E-state index contributed by atoms with van der Waals surface area (Å²) in [5.74, 6) is 0. The molecule has 0 spiro atoms. The normalized spacial score (nSPS) is 10.1. The summed E-state index contributed by atoms with van der Waals surface area (Å²) in [7, 11) is 1.75. The van der Waals surface area contributed by atoms with E-state index in [1.165, 1.54) is 32.1 Å². The minimum absolute atomic E-state index is 0.511. The van der Waals surface area contributed by atoms with E-state index in [4.69, 9.17) is 14.7 Å². The van der Waals surface area contributed by atoms with Crippen LogP contribution in [0, 0.1) is 11.3 Å². The minimum atomic E-state index is 0.511. The van der Waals surface area contributed by atoms with Crippen LogP contribution in [0.1, 0.15) is 44.9 Å². The van der Waals surface area contributed by atoms with Crippen LogP contribution in [0.5, 0.6) is 0 Å². The Balaban J connectivity index is 2.84. The maximum Gasteiger partial charge on any atom is 0.0645 e. The molecule has 0 aliphatic heterocycles. The van der Waals surface area contributed by atoms with Gasteiger partial charge in [-0.3, -0.25) is 0 Å². The second-order valence-corrected chi connectivity index (χ2v) is 3.63. The lowest BCUT2D eigenvalue weighted by Crippen LogP contribution is -1.96. The number of methoxy groups -OCH3 is 1. The van der Waals surface area contributed by atoms with Crippen molar-refractivity contribution >= 4 is 0 Å². The average Bonchev–Trinajstić information content (AvgIpc) is 2.26. The molecule has 0 radical (unpaired) electrons. The van der Waals surface area contributed by atoms with Crippen LogP contribution in [0.15, 0.2) is 0 Å². The second kappa shape index (κ2) is 13.4. The van der Waals surface area contributed by atoms with Gasteiger partial charge in [0.1, 0.15) is 0 Å². The van der Waals surface area contributed by atoms with Crippen molar-refractivity contribution < 1.29 is 9.47 Å². The van der Waals surface area contributed by atoms with Crippen LogP contribution in [0.4, 0.5) is 0 Å². The van der Waals surface area contributed by atoms with Crippen LogP contribution in [0.2, 0.25) is 0 Å². The predicted octanol–water partition coefficient (Wildman–Crippen LogP) is 2.90. The molecule has 0 aliphatic rings. The third-order valence-corrected chi connectivity index (χ3v) is 2.25. The summed E-state index contributed by atoms with van der Waals surface area (Å²) in [4.78, 5) is 0. The van der Waals surface area contributed by atoms with Crippen molar-refractivity contribution in [3.8, 4) is 6.07 Å². The molecule has 0 saturated carbocycles. The van der Waals surface area contributed by atoms with Gasteiger partial charge in [-0.1, -0.05) is 25.7 Å². The summed E-state index contributed by atoms with van der Waals surface area (Å²) < 4.78 is 10.3. The second-order valence-electron chi connectivity index (χ2n) is 3.63. The molecule has 0 saturated heterocycles. The lowest BCUT2D eigenvalue weighted by molar-refractivity contribution is 0.135. The Bertz CT molecular complexity index is 154. The van der Waals surface area contributed by atoms with Crippen molar-refractivity contribution in [3.63, 3.8) is 0 Å². The molecule has 3 nitrogen and oxygen atoms in total. The van der Waals surface area contributed by atoms with E-state index in [1.54, 1.807) is 7.11 Å². The average molecular weight is 213 g/mol. The van der Waals surface area contributed by atoms with E-state index < -0.39 is 0 Å². The molecule has 0 aliphatic carbocycles. The Morgan fingerprint density at radius 1 is 0.867 bits per heavy atom. The Morgan fingerprint density at radius 2 is 1.47 bits per heavy atom. The van der Waals surface area contributed by atoms with E-state index in [-0.39, 0.29) is 0 Å².